The Bertz CT molecular complexity index is 15.5. The second kappa shape index (κ2) is 36.9. The summed E-state index contributed by atoms with van der Waals surface area (Å²) in [5, 5.41) is 0. The maximum Gasteiger partial charge on any atom is 0 e. The predicted molar refractivity (Wildman–Crippen MR) is 17.3 cm³/mol. The van der Waals surface area contributed by atoms with Gasteiger partial charge >= 0.3 is 0 Å². The molecular formula is AlMoSiSnTiZr. The molecule has 6 heavy (non-hydrogen) atoms. The van der Waals surface area contributed by atoms with E-state index in [0.717, 1.165) is 0 Å². The topological polar surface area (TPSA) is 0 Å². The van der Waals surface area contributed by atoms with Gasteiger partial charge in [-0.25, -0.2) is 0 Å². The van der Waals surface area contributed by atoms with Crippen molar-refractivity contribution < 1.29 is 69.0 Å². The van der Waals surface area contributed by atoms with Crippen molar-refractivity contribution in [3.8, 4) is 0 Å². The van der Waals surface area contributed by atoms with Gasteiger partial charge in [0.1, 0.15) is 0 Å². The smallest absolute Gasteiger partial charge is 0 e. The number of hydrogen-bond donors (Lipinski definition) is 0. The zero-order valence-corrected chi connectivity index (χ0v) is 14.0. The van der Waals surface area contributed by atoms with E-state index >= 15 is 0 Å². The molecular weight excluding hydrogens is 409 g/mol. The molecule has 0 aliphatic carbocycles. The summed E-state index contributed by atoms with van der Waals surface area (Å²) >= 11 is 0. The van der Waals surface area contributed by atoms with Crippen LogP contribution in [0.5, 0.6) is 0 Å². The second-order valence-corrected chi connectivity index (χ2v) is 0. The van der Waals surface area contributed by atoms with Gasteiger partial charge in [0.05, 0.1) is 0 Å². The molecule has 0 saturated heterocycles. The van der Waals surface area contributed by atoms with Crippen molar-refractivity contribution in [2.24, 2.45) is 0 Å². The van der Waals surface area contributed by atoms with Gasteiger partial charge in [-0.3, -0.25) is 0 Å². The van der Waals surface area contributed by atoms with Gasteiger partial charge in [0.25, 0.3) is 0 Å². The summed E-state index contributed by atoms with van der Waals surface area (Å²) in [4.78, 5) is 0. The summed E-state index contributed by atoms with van der Waals surface area (Å²) < 4.78 is 0. The van der Waals surface area contributed by atoms with E-state index in [9.17, 15) is 0 Å². The van der Waals surface area contributed by atoms with Crippen LogP contribution in [0.4, 0.5) is 0 Å². The third kappa shape index (κ3) is 24.9. The fraction of sp³-hybridized carbons (Fsp3) is 0. The van der Waals surface area contributed by atoms with Crippen molar-refractivity contribution in [3.05, 3.63) is 0 Å². The molecule has 6 heteroatoms. The third-order valence-electron chi connectivity index (χ3n) is 0. The van der Waals surface area contributed by atoms with E-state index in [1.165, 1.54) is 0 Å². The average Bonchev–Trinajstić information content (AvgIpc) is 0. The summed E-state index contributed by atoms with van der Waals surface area (Å²) in [5.74, 6) is 0. The zero-order valence-electron chi connectivity index (χ0n) is 2.99. The van der Waals surface area contributed by atoms with Crippen molar-refractivity contribution in [2.45, 2.75) is 0 Å². The van der Waals surface area contributed by atoms with Gasteiger partial charge < -0.3 is 0 Å². The number of hydrogen-bond acceptors (Lipinski definition) is 0. The molecule has 0 rings (SSSR count). The van der Waals surface area contributed by atoms with E-state index in [0.29, 0.717) is 0 Å². The van der Waals surface area contributed by atoms with Gasteiger partial charge in [-0.05, 0) is 0 Å². The quantitative estimate of drug-likeness (QED) is 0.444. The van der Waals surface area contributed by atoms with E-state index in [4.69, 9.17) is 0 Å². The maximum absolute atomic E-state index is 0. The molecule has 0 aromatic carbocycles. The molecule has 0 aromatic heterocycles. The maximum atomic E-state index is 0. The second-order valence-electron chi connectivity index (χ2n) is 0. The fourth-order valence-electron chi connectivity index (χ4n) is 0. The monoisotopic (exact) mass is 411 g/mol. The van der Waals surface area contributed by atoms with Gasteiger partial charge in [-0.2, -0.15) is 0 Å². The molecule has 0 aromatic rings. The van der Waals surface area contributed by atoms with Crippen LogP contribution in [0, 0.1) is 0 Å². The molecule has 0 N–H and O–H groups in total. The summed E-state index contributed by atoms with van der Waals surface area (Å²) in [6, 6.07) is 0. The molecule has 0 aliphatic rings. The van der Waals surface area contributed by atoms with Gasteiger partial charge in [0.15, 0.2) is 0 Å². The van der Waals surface area contributed by atoms with Crippen LogP contribution < -0.4 is 0 Å². The molecule has 0 fully saturated rings. The Morgan fingerprint density at radius 3 is 1.00 bits per heavy atom. The molecule has 0 nitrogen and oxygen atoms in total. The average molecular weight is 409 g/mol. The largest absolute Gasteiger partial charge is 0 e. The Kier molecular flexibility index (Phi) is 321. The van der Waals surface area contributed by atoms with Crippen LogP contribution >= 0.6 is 0 Å². The number of rotatable bonds is 0. The van der Waals surface area contributed by atoms with Crippen LogP contribution in [-0.2, 0) is 69.0 Å². The molecule has 0 spiro atoms. The summed E-state index contributed by atoms with van der Waals surface area (Å²) in [6.07, 6.45) is 0. The van der Waals surface area contributed by atoms with Gasteiger partial charge in [-0.1, -0.05) is 0 Å². The van der Waals surface area contributed by atoms with Crippen LogP contribution in [0.2, 0.25) is 0 Å². The molecule has 0 heterocycles. The first-order valence-electron chi connectivity index (χ1n) is 0. The first-order chi connectivity index (χ1) is 0. The zero-order chi connectivity index (χ0) is 0. The SMILES string of the molecule is [Al].[Mo].[Si].[Sn].[Ti].[Zr]. The van der Waals surface area contributed by atoms with E-state index in [1.807, 2.05) is 0 Å². The van der Waals surface area contributed by atoms with Gasteiger partial charge in [0.2, 0.25) is 0 Å². The third-order valence-corrected chi connectivity index (χ3v) is 0. The van der Waals surface area contributed by atoms with Crippen molar-refractivity contribution >= 4 is 52.2 Å². The standard InChI is InChI=1S/Al.Mo.Si.Sn.Ti.Zr. The molecule has 25 valence electrons. The van der Waals surface area contributed by atoms with E-state index in [2.05, 4.69) is 0 Å². The minimum absolute atomic E-state index is 0. The minimum Gasteiger partial charge on any atom is 0 e. The first kappa shape index (κ1) is 52.2. The van der Waals surface area contributed by atoms with Crippen LogP contribution in [0.15, 0.2) is 0 Å². The fourth-order valence-corrected chi connectivity index (χ4v) is 0. The molecule has 0 bridgehead atoms. The van der Waals surface area contributed by atoms with E-state index in [1.54, 1.807) is 0 Å². The normalized spacial score (nSPS) is 0. The molecule has 0 atom stereocenters. The summed E-state index contributed by atoms with van der Waals surface area (Å²) in [7, 11) is 0. The first-order valence-corrected chi connectivity index (χ1v) is 0. The molecule has 11 radical (unpaired) electrons. The molecule has 0 amide bonds. The Morgan fingerprint density at radius 1 is 1.00 bits per heavy atom. The predicted octanol–water partition coefficient (Wildman–Crippen LogP) is -1.15. The Balaban J connectivity index is 0. The van der Waals surface area contributed by atoms with E-state index < -0.39 is 0 Å². The van der Waals surface area contributed by atoms with E-state index in [-0.39, 0.29) is 121 Å². The van der Waals surface area contributed by atoms with Crippen LogP contribution in [0.1, 0.15) is 0 Å². The Labute approximate surface area is 119 Å². The van der Waals surface area contributed by atoms with Crippen molar-refractivity contribution in [2.75, 3.05) is 0 Å². The van der Waals surface area contributed by atoms with Crippen LogP contribution in [0.25, 0.3) is 0 Å². The Hall–Kier alpha value is 3.83. The van der Waals surface area contributed by atoms with Crippen molar-refractivity contribution in [3.63, 3.8) is 0 Å². The summed E-state index contributed by atoms with van der Waals surface area (Å²) in [6.45, 7) is 0. The van der Waals surface area contributed by atoms with Gasteiger partial charge in [0, 0.05) is 121 Å². The summed E-state index contributed by atoms with van der Waals surface area (Å²) in [5.41, 5.74) is 0. The minimum atomic E-state index is 0. The van der Waals surface area contributed by atoms with Crippen molar-refractivity contribution in [1.82, 2.24) is 0 Å². The van der Waals surface area contributed by atoms with Crippen molar-refractivity contribution in [1.29, 1.82) is 0 Å². The molecule has 0 aliphatic heterocycles. The Morgan fingerprint density at radius 2 is 1.00 bits per heavy atom. The van der Waals surface area contributed by atoms with Crippen LogP contribution in [0.3, 0.4) is 0 Å². The van der Waals surface area contributed by atoms with Crippen LogP contribution in [-0.4, -0.2) is 52.2 Å². The molecule has 0 saturated carbocycles. The van der Waals surface area contributed by atoms with Gasteiger partial charge in [-0.15, -0.1) is 0 Å². The molecule has 0 unspecified atom stereocenters.